The summed E-state index contributed by atoms with van der Waals surface area (Å²) in [6.45, 7) is 6.12. The lowest BCUT2D eigenvalue weighted by Crippen LogP contribution is -2.53. The van der Waals surface area contributed by atoms with Gasteiger partial charge in [-0.1, -0.05) is 25.1 Å². The van der Waals surface area contributed by atoms with Crippen LogP contribution in [0.4, 0.5) is 5.69 Å². The molecule has 2 rings (SSSR count). The van der Waals surface area contributed by atoms with Gasteiger partial charge in [0.05, 0.1) is 12.6 Å². The molecular formula is C14H22N2O. The number of hydrogen-bond donors (Lipinski definition) is 1. The summed E-state index contributed by atoms with van der Waals surface area (Å²) in [4.78, 5) is 2.48. The summed E-state index contributed by atoms with van der Waals surface area (Å²) in [5.74, 6) is 0. The molecule has 17 heavy (non-hydrogen) atoms. The summed E-state index contributed by atoms with van der Waals surface area (Å²) in [6.07, 6.45) is 1.08. The Bertz CT molecular complexity index is 352. The first-order chi connectivity index (χ1) is 8.36. The molecule has 1 N–H and O–H groups in total. The van der Waals surface area contributed by atoms with Gasteiger partial charge in [0.1, 0.15) is 0 Å². The highest BCUT2D eigenvalue weighted by Gasteiger charge is 2.23. The third-order valence-corrected chi connectivity index (χ3v) is 3.39. The maximum atomic E-state index is 5.32. The molecule has 3 heteroatoms. The number of para-hydroxylation sites is 1. The minimum Gasteiger partial charge on any atom is -0.383 e. The van der Waals surface area contributed by atoms with Crippen molar-refractivity contribution in [3.05, 3.63) is 29.8 Å². The molecule has 0 aliphatic carbocycles. The smallest absolute Gasteiger partial charge is 0.0678 e. The van der Waals surface area contributed by atoms with Crippen LogP contribution in [-0.4, -0.2) is 39.4 Å². The maximum absolute atomic E-state index is 5.32. The second-order valence-corrected chi connectivity index (χ2v) is 4.49. The number of nitrogens with one attached hydrogen (secondary N) is 1. The average Bonchev–Trinajstić information content (AvgIpc) is 2.40. The summed E-state index contributed by atoms with van der Waals surface area (Å²) < 4.78 is 5.32. The summed E-state index contributed by atoms with van der Waals surface area (Å²) in [6, 6.07) is 9.14. The van der Waals surface area contributed by atoms with Crippen molar-refractivity contribution in [3.8, 4) is 0 Å². The van der Waals surface area contributed by atoms with Gasteiger partial charge in [0, 0.05) is 32.4 Å². The Morgan fingerprint density at radius 3 is 3.00 bits per heavy atom. The van der Waals surface area contributed by atoms with Gasteiger partial charge < -0.3 is 15.0 Å². The van der Waals surface area contributed by atoms with Crippen molar-refractivity contribution in [2.45, 2.75) is 19.4 Å². The van der Waals surface area contributed by atoms with Crippen molar-refractivity contribution in [2.24, 2.45) is 0 Å². The Morgan fingerprint density at radius 1 is 1.41 bits per heavy atom. The molecule has 0 saturated carbocycles. The van der Waals surface area contributed by atoms with Crippen LogP contribution in [0.15, 0.2) is 24.3 Å². The van der Waals surface area contributed by atoms with Crippen molar-refractivity contribution < 1.29 is 4.74 Å². The highest BCUT2D eigenvalue weighted by atomic mass is 16.5. The van der Waals surface area contributed by atoms with Gasteiger partial charge in [-0.15, -0.1) is 0 Å². The number of hydrogen-bond acceptors (Lipinski definition) is 3. The van der Waals surface area contributed by atoms with E-state index in [9.17, 15) is 0 Å². The first-order valence-corrected chi connectivity index (χ1v) is 6.41. The summed E-state index contributed by atoms with van der Waals surface area (Å²) in [5, 5.41) is 3.44. The standard InChI is InChI=1S/C14H22N2O/c1-3-12-6-4-5-7-14(12)16-9-8-15-10-13(16)11-17-2/h4-7,13,15H,3,8-11H2,1-2H3. The lowest BCUT2D eigenvalue weighted by atomic mass is 10.1. The van der Waals surface area contributed by atoms with Crippen LogP contribution in [-0.2, 0) is 11.2 Å². The van der Waals surface area contributed by atoms with Crippen LogP contribution < -0.4 is 10.2 Å². The van der Waals surface area contributed by atoms with Gasteiger partial charge in [0.2, 0.25) is 0 Å². The van der Waals surface area contributed by atoms with Gasteiger partial charge in [-0.3, -0.25) is 0 Å². The Balaban J connectivity index is 2.22. The van der Waals surface area contributed by atoms with Gasteiger partial charge in [0.25, 0.3) is 0 Å². The Hall–Kier alpha value is -1.06. The third-order valence-electron chi connectivity index (χ3n) is 3.39. The minimum absolute atomic E-state index is 0.446. The average molecular weight is 234 g/mol. The number of aryl methyl sites for hydroxylation is 1. The van der Waals surface area contributed by atoms with Gasteiger partial charge in [-0.2, -0.15) is 0 Å². The fourth-order valence-corrected chi connectivity index (χ4v) is 2.51. The molecule has 1 atom stereocenters. The molecule has 1 aliphatic rings. The molecule has 1 fully saturated rings. The fourth-order valence-electron chi connectivity index (χ4n) is 2.51. The summed E-state index contributed by atoms with van der Waals surface area (Å²) in [7, 11) is 1.78. The molecule has 1 heterocycles. The predicted octanol–water partition coefficient (Wildman–Crippen LogP) is 1.67. The van der Waals surface area contributed by atoms with E-state index >= 15 is 0 Å². The Labute approximate surface area is 104 Å². The highest BCUT2D eigenvalue weighted by molar-refractivity contribution is 5.55. The molecule has 94 valence electrons. The van der Waals surface area contributed by atoms with Gasteiger partial charge in [-0.25, -0.2) is 0 Å². The Morgan fingerprint density at radius 2 is 2.24 bits per heavy atom. The molecule has 1 saturated heterocycles. The molecular weight excluding hydrogens is 212 g/mol. The van der Waals surface area contributed by atoms with E-state index in [1.54, 1.807) is 7.11 Å². The van der Waals surface area contributed by atoms with E-state index in [4.69, 9.17) is 4.74 Å². The molecule has 1 unspecified atom stereocenters. The lowest BCUT2D eigenvalue weighted by Gasteiger charge is -2.38. The number of rotatable bonds is 4. The predicted molar refractivity (Wildman–Crippen MR) is 71.7 cm³/mol. The third kappa shape index (κ3) is 2.79. The van der Waals surface area contributed by atoms with Crippen molar-refractivity contribution >= 4 is 5.69 Å². The van der Waals surface area contributed by atoms with Gasteiger partial charge >= 0.3 is 0 Å². The monoisotopic (exact) mass is 234 g/mol. The quantitative estimate of drug-likeness (QED) is 0.857. The number of ether oxygens (including phenoxy) is 1. The van der Waals surface area contributed by atoms with Gasteiger partial charge in [-0.05, 0) is 18.1 Å². The van der Waals surface area contributed by atoms with Crippen LogP contribution in [0.1, 0.15) is 12.5 Å². The van der Waals surface area contributed by atoms with Crippen LogP contribution in [0.5, 0.6) is 0 Å². The fraction of sp³-hybridized carbons (Fsp3) is 0.571. The molecule has 0 spiro atoms. The van der Waals surface area contributed by atoms with E-state index in [0.29, 0.717) is 6.04 Å². The van der Waals surface area contributed by atoms with E-state index in [0.717, 1.165) is 32.7 Å². The van der Waals surface area contributed by atoms with Crippen LogP contribution in [0.2, 0.25) is 0 Å². The normalized spacial score (nSPS) is 20.6. The zero-order valence-corrected chi connectivity index (χ0v) is 10.8. The van der Waals surface area contributed by atoms with Crippen molar-refractivity contribution in [2.75, 3.05) is 38.3 Å². The molecule has 0 aromatic heterocycles. The molecule has 0 amide bonds. The van der Waals surface area contributed by atoms with E-state index in [-0.39, 0.29) is 0 Å². The second-order valence-electron chi connectivity index (χ2n) is 4.49. The summed E-state index contributed by atoms with van der Waals surface area (Å²) in [5.41, 5.74) is 2.80. The number of nitrogens with zero attached hydrogens (tertiary/aromatic N) is 1. The largest absolute Gasteiger partial charge is 0.383 e. The van der Waals surface area contributed by atoms with Crippen LogP contribution in [0.25, 0.3) is 0 Å². The first kappa shape index (κ1) is 12.4. The van der Waals surface area contributed by atoms with E-state index in [1.807, 2.05) is 0 Å². The second kappa shape index (κ2) is 6.03. The van der Waals surface area contributed by atoms with E-state index < -0.39 is 0 Å². The minimum atomic E-state index is 0.446. The molecule has 1 aromatic rings. The van der Waals surface area contributed by atoms with Gasteiger partial charge in [0.15, 0.2) is 0 Å². The molecule has 0 radical (unpaired) electrons. The molecule has 1 aromatic carbocycles. The molecule has 0 bridgehead atoms. The zero-order chi connectivity index (χ0) is 12.1. The molecule has 3 nitrogen and oxygen atoms in total. The molecule has 1 aliphatic heterocycles. The first-order valence-electron chi connectivity index (χ1n) is 6.41. The Kier molecular flexibility index (Phi) is 4.40. The zero-order valence-electron chi connectivity index (χ0n) is 10.8. The van der Waals surface area contributed by atoms with Crippen molar-refractivity contribution in [3.63, 3.8) is 0 Å². The van der Waals surface area contributed by atoms with E-state index in [2.05, 4.69) is 41.4 Å². The van der Waals surface area contributed by atoms with Crippen molar-refractivity contribution in [1.82, 2.24) is 5.32 Å². The number of benzene rings is 1. The summed E-state index contributed by atoms with van der Waals surface area (Å²) >= 11 is 0. The number of methoxy groups -OCH3 is 1. The number of anilines is 1. The van der Waals surface area contributed by atoms with Crippen LogP contribution >= 0.6 is 0 Å². The topological polar surface area (TPSA) is 24.5 Å². The van der Waals surface area contributed by atoms with Crippen molar-refractivity contribution in [1.29, 1.82) is 0 Å². The maximum Gasteiger partial charge on any atom is 0.0678 e. The van der Waals surface area contributed by atoms with Crippen LogP contribution in [0, 0.1) is 0 Å². The number of piperazine rings is 1. The lowest BCUT2D eigenvalue weighted by molar-refractivity contribution is 0.170. The highest BCUT2D eigenvalue weighted by Crippen LogP contribution is 2.23. The SMILES string of the molecule is CCc1ccccc1N1CCNCC1COC. The van der Waals surface area contributed by atoms with Crippen LogP contribution in [0.3, 0.4) is 0 Å². The van der Waals surface area contributed by atoms with E-state index in [1.165, 1.54) is 11.3 Å².